The molecule has 1 aromatic carbocycles. The number of carbonyl (C=O) groups excluding carboxylic acids is 1. The van der Waals surface area contributed by atoms with Crippen molar-refractivity contribution >= 4 is 21.4 Å². The van der Waals surface area contributed by atoms with Gasteiger partial charge in [0.25, 0.3) is 0 Å². The fraction of sp³-hybridized carbons (Fsp3) is 0.588. The average Bonchev–Trinajstić information content (AvgIpc) is 2.51. The molecule has 0 spiro atoms. The van der Waals surface area contributed by atoms with E-state index in [4.69, 9.17) is 4.74 Å². The molecule has 1 rings (SSSR count). The lowest BCUT2D eigenvalue weighted by Crippen LogP contribution is -2.30. The summed E-state index contributed by atoms with van der Waals surface area (Å²) < 4.78 is 30.4. The molecule has 6 nitrogen and oxygen atoms in total. The number of sulfone groups is 1. The lowest BCUT2D eigenvalue weighted by Gasteiger charge is -2.20. The Labute approximate surface area is 145 Å². The zero-order valence-corrected chi connectivity index (χ0v) is 15.7. The molecule has 0 fully saturated rings. The van der Waals surface area contributed by atoms with Crippen molar-refractivity contribution < 1.29 is 17.9 Å². The molecule has 1 unspecified atom stereocenters. The van der Waals surface area contributed by atoms with Gasteiger partial charge in [0.2, 0.25) is 5.91 Å². The number of nitrogens with zero attached hydrogens (tertiary/aromatic N) is 1. The molecular formula is C17H28N2O4S. The van der Waals surface area contributed by atoms with E-state index >= 15 is 0 Å². The molecular weight excluding hydrogens is 328 g/mol. The maximum absolute atomic E-state index is 12.4. The number of ether oxygens (including phenoxy) is 1. The second kappa shape index (κ2) is 9.76. The predicted molar refractivity (Wildman–Crippen MR) is 96.0 cm³/mol. The van der Waals surface area contributed by atoms with Gasteiger partial charge in [-0.1, -0.05) is 13.8 Å². The second-order valence-corrected chi connectivity index (χ2v) is 7.73. The Morgan fingerprint density at radius 1 is 1.21 bits per heavy atom. The smallest absolute Gasteiger partial charge is 0.221 e. The molecule has 0 heterocycles. The second-order valence-electron chi connectivity index (χ2n) is 5.70. The van der Waals surface area contributed by atoms with E-state index in [-0.39, 0.29) is 22.7 Å². The summed E-state index contributed by atoms with van der Waals surface area (Å²) in [6.07, 6.45) is -0.374. The normalized spacial score (nSPS) is 13.0. The van der Waals surface area contributed by atoms with Crippen molar-refractivity contribution in [2.24, 2.45) is 0 Å². The minimum absolute atomic E-state index is 0.0647. The molecule has 24 heavy (non-hydrogen) atoms. The van der Waals surface area contributed by atoms with E-state index in [1.165, 1.54) is 19.1 Å². The quantitative estimate of drug-likeness (QED) is 0.695. The molecule has 1 N–H and O–H groups in total. The van der Waals surface area contributed by atoms with Gasteiger partial charge >= 0.3 is 0 Å². The zero-order chi connectivity index (χ0) is 18.2. The fourth-order valence-electron chi connectivity index (χ4n) is 2.33. The largest absolute Gasteiger partial charge is 0.376 e. The number of hydrogen-bond donors (Lipinski definition) is 1. The molecule has 0 aliphatic carbocycles. The first-order chi connectivity index (χ1) is 11.3. The van der Waals surface area contributed by atoms with Crippen molar-refractivity contribution in [3.8, 4) is 0 Å². The molecule has 1 aromatic rings. The highest BCUT2D eigenvalue weighted by atomic mass is 32.2. The summed E-state index contributed by atoms with van der Waals surface area (Å²) in [5.41, 5.74) is 0.574. The van der Waals surface area contributed by atoms with Crippen molar-refractivity contribution in [3.63, 3.8) is 0 Å². The van der Waals surface area contributed by atoms with Crippen molar-refractivity contribution in [1.29, 1.82) is 0 Å². The number of benzene rings is 1. The SMILES string of the molecule is CCN(CC)CCOC(C)CS(=O)(=O)c1ccc(NC(C)=O)cc1. The summed E-state index contributed by atoms with van der Waals surface area (Å²) >= 11 is 0. The number of hydrogen-bond acceptors (Lipinski definition) is 5. The Balaban J connectivity index is 2.57. The van der Waals surface area contributed by atoms with Gasteiger partial charge in [0.15, 0.2) is 9.84 Å². The first-order valence-electron chi connectivity index (χ1n) is 8.22. The highest BCUT2D eigenvalue weighted by Crippen LogP contribution is 2.16. The van der Waals surface area contributed by atoms with Gasteiger partial charge in [-0.25, -0.2) is 8.42 Å². The van der Waals surface area contributed by atoms with E-state index in [0.29, 0.717) is 12.3 Å². The van der Waals surface area contributed by atoms with Crippen molar-refractivity contribution in [1.82, 2.24) is 4.90 Å². The van der Waals surface area contributed by atoms with Crippen LogP contribution in [0.3, 0.4) is 0 Å². The Hall–Kier alpha value is -1.44. The molecule has 0 saturated carbocycles. The van der Waals surface area contributed by atoms with Gasteiger partial charge in [-0.2, -0.15) is 0 Å². The number of carbonyl (C=O) groups is 1. The summed E-state index contributed by atoms with van der Waals surface area (Å²) in [6.45, 7) is 10.6. The number of rotatable bonds is 10. The Morgan fingerprint density at radius 2 is 1.79 bits per heavy atom. The predicted octanol–water partition coefficient (Wildman–Crippen LogP) is 2.17. The third kappa shape index (κ3) is 6.98. The van der Waals surface area contributed by atoms with Crippen LogP contribution in [0.15, 0.2) is 29.2 Å². The minimum Gasteiger partial charge on any atom is -0.376 e. The third-order valence-corrected chi connectivity index (χ3v) is 5.59. The van der Waals surface area contributed by atoms with Crippen LogP contribution in [0, 0.1) is 0 Å². The third-order valence-electron chi connectivity index (χ3n) is 3.69. The van der Waals surface area contributed by atoms with Gasteiger partial charge in [0, 0.05) is 19.2 Å². The summed E-state index contributed by atoms with van der Waals surface area (Å²) in [5, 5.41) is 2.61. The van der Waals surface area contributed by atoms with E-state index in [0.717, 1.165) is 19.6 Å². The van der Waals surface area contributed by atoms with Crippen molar-refractivity contribution in [2.45, 2.75) is 38.7 Å². The van der Waals surface area contributed by atoms with Crippen LogP contribution >= 0.6 is 0 Å². The van der Waals surface area contributed by atoms with Crippen LogP contribution in [0.4, 0.5) is 5.69 Å². The highest BCUT2D eigenvalue weighted by Gasteiger charge is 2.19. The van der Waals surface area contributed by atoms with E-state index in [1.807, 2.05) is 0 Å². The Bertz CT molecular complexity index is 610. The van der Waals surface area contributed by atoms with Gasteiger partial charge in [-0.3, -0.25) is 4.79 Å². The van der Waals surface area contributed by atoms with Crippen molar-refractivity contribution in [3.05, 3.63) is 24.3 Å². The van der Waals surface area contributed by atoms with Crippen LogP contribution in [-0.2, 0) is 19.4 Å². The summed E-state index contributed by atoms with van der Waals surface area (Å²) in [7, 11) is -3.42. The summed E-state index contributed by atoms with van der Waals surface area (Å²) in [5.74, 6) is -0.258. The molecule has 0 radical (unpaired) electrons. The molecule has 1 amide bonds. The van der Waals surface area contributed by atoms with Gasteiger partial charge in [0.1, 0.15) is 0 Å². The lowest BCUT2D eigenvalue weighted by atomic mass is 10.3. The zero-order valence-electron chi connectivity index (χ0n) is 14.9. The van der Waals surface area contributed by atoms with Crippen LogP contribution < -0.4 is 5.32 Å². The lowest BCUT2D eigenvalue weighted by molar-refractivity contribution is -0.114. The van der Waals surface area contributed by atoms with Gasteiger partial charge in [-0.05, 0) is 44.3 Å². The van der Waals surface area contributed by atoms with E-state index in [1.54, 1.807) is 19.1 Å². The first kappa shape index (κ1) is 20.6. The molecule has 1 atom stereocenters. The maximum Gasteiger partial charge on any atom is 0.221 e. The molecule has 7 heteroatoms. The van der Waals surface area contributed by atoms with E-state index < -0.39 is 9.84 Å². The average molecular weight is 356 g/mol. The summed E-state index contributed by atoms with van der Waals surface area (Å²) in [4.78, 5) is 13.4. The molecule has 0 aliphatic heterocycles. The van der Waals surface area contributed by atoms with Gasteiger partial charge < -0.3 is 15.0 Å². The Kier molecular flexibility index (Phi) is 8.38. The van der Waals surface area contributed by atoms with Crippen LogP contribution in [0.25, 0.3) is 0 Å². The van der Waals surface area contributed by atoms with Gasteiger partial charge in [-0.15, -0.1) is 0 Å². The van der Waals surface area contributed by atoms with Crippen LogP contribution in [-0.4, -0.2) is 57.3 Å². The first-order valence-corrected chi connectivity index (χ1v) is 9.88. The monoisotopic (exact) mass is 356 g/mol. The number of anilines is 1. The molecule has 136 valence electrons. The number of nitrogens with one attached hydrogen (secondary N) is 1. The van der Waals surface area contributed by atoms with Crippen LogP contribution in [0.2, 0.25) is 0 Å². The highest BCUT2D eigenvalue weighted by molar-refractivity contribution is 7.91. The summed E-state index contributed by atoms with van der Waals surface area (Å²) in [6, 6.07) is 6.17. The maximum atomic E-state index is 12.4. The topological polar surface area (TPSA) is 75.7 Å². The number of likely N-dealkylation sites (N-methyl/N-ethyl adjacent to an activating group) is 1. The minimum atomic E-state index is -3.42. The standard InChI is InChI=1S/C17H28N2O4S/c1-5-19(6-2)11-12-23-14(3)13-24(21,22)17-9-7-16(8-10-17)18-15(4)20/h7-10,14H,5-6,11-13H2,1-4H3,(H,18,20). The molecule has 0 saturated heterocycles. The van der Waals surface area contributed by atoms with E-state index in [2.05, 4.69) is 24.1 Å². The molecule has 0 aliphatic rings. The van der Waals surface area contributed by atoms with Crippen molar-refractivity contribution in [2.75, 3.05) is 37.3 Å². The number of amides is 1. The van der Waals surface area contributed by atoms with Gasteiger partial charge in [0.05, 0.1) is 23.4 Å². The fourth-order valence-corrected chi connectivity index (χ4v) is 3.78. The van der Waals surface area contributed by atoms with Crippen LogP contribution in [0.1, 0.15) is 27.7 Å². The van der Waals surface area contributed by atoms with E-state index in [9.17, 15) is 13.2 Å². The Morgan fingerprint density at radius 3 is 2.29 bits per heavy atom. The molecule has 0 bridgehead atoms. The van der Waals surface area contributed by atoms with Crippen LogP contribution in [0.5, 0.6) is 0 Å². The molecule has 0 aromatic heterocycles.